The van der Waals surface area contributed by atoms with Crippen molar-refractivity contribution in [3.63, 3.8) is 0 Å². The minimum absolute atomic E-state index is 0.0619. The predicted molar refractivity (Wildman–Crippen MR) is 126 cm³/mol. The van der Waals surface area contributed by atoms with E-state index in [-0.39, 0.29) is 18.1 Å². The molecule has 2 atom stereocenters. The Morgan fingerprint density at radius 1 is 1.24 bits per heavy atom. The highest BCUT2D eigenvalue weighted by atomic mass is 35.5. The summed E-state index contributed by atoms with van der Waals surface area (Å²) in [6.45, 7) is 2.82. The molecule has 2 aliphatic heterocycles. The summed E-state index contributed by atoms with van der Waals surface area (Å²) in [6, 6.07) is 17.5. The molecule has 5 rings (SSSR count). The van der Waals surface area contributed by atoms with E-state index in [2.05, 4.69) is 46.6 Å². The summed E-state index contributed by atoms with van der Waals surface area (Å²) in [7, 11) is 2.10. The van der Waals surface area contributed by atoms with Gasteiger partial charge in [-0.15, -0.1) is 0 Å². The second-order valence-electron chi connectivity index (χ2n) is 8.74. The highest BCUT2D eigenvalue weighted by Crippen LogP contribution is 2.28. The molecule has 8 heteroatoms. The molecule has 0 spiro atoms. The maximum absolute atomic E-state index is 12.8. The second-order valence-corrected chi connectivity index (χ2v) is 9.18. The number of fused-ring (bicyclic) bond motifs is 2. The number of hydrogen-bond donors (Lipinski definition) is 1. The quantitative estimate of drug-likeness (QED) is 0.601. The number of benzene rings is 2. The fraction of sp³-hybridized carbons (Fsp3) is 0.360. The van der Waals surface area contributed by atoms with Crippen LogP contribution in [0.25, 0.3) is 0 Å². The first-order chi connectivity index (χ1) is 16.0. The number of hydrogen-bond acceptors (Lipinski definition) is 5. The van der Waals surface area contributed by atoms with E-state index in [4.69, 9.17) is 21.1 Å². The topological polar surface area (TPSA) is 68.6 Å². The van der Waals surface area contributed by atoms with E-state index in [0.29, 0.717) is 29.6 Å². The SMILES string of the molecule is CN(Cc1ccccc1)CC1CCn2nc(C(=O)N[C@H]3COc4ccc(Cl)cc4C3)cc2O1. The lowest BCUT2D eigenvalue weighted by molar-refractivity contribution is 0.0907. The molecule has 1 N–H and O–H groups in total. The monoisotopic (exact) mass is 466 g/mol. The van der Waals surface area contributed by atoms with Crippen LogP contribution in [0.5, 0.6) is 11.6 Å². The van der Waals surface area contributed by atoms with Gasteiger partial charge in [0.1, 0.15) is 18.5 Å². The van der Waals surface area contributed by atoms with E-state index in [1.807, 2.05) is 24.3 Å². The summed E-state index contributed by atoms with van der Waals surface area (Å²) in [5, 5.41) is 8.15. The summed E-state index contributed by atoms with van der Waals surface area (Å²) >= 11 is 6.10. The van der Waals surface area contributed by atoms with Gasteiger partial charge in [0.05, 0.1) is 6.04 Å². The molecule has 3 heterocycles. The number of aromatic nitrogens is 2. The van der Waals surface area contributed by atoms with Crippen LogP contribution in [0, 0.1) is 0 Å². The van der Waals surface area contributed by atoms with Crippen molar-refractivity contribution in [1.82, 2.24) is 20.0 Å². The van der Waals surface area contributed by atoms with Gasteiger partial charge >= 0.3 is 0 Å². The van der Waals surface area contributed by atoms with E-state index >= 15 is 0 Å². The van der Waals surface area contributed by atoms with Gasteiger partial charge in [0.15, 0.2) is 5.69 Å². The van der Waals surface area contributed by atoms with Crippen molar-refractivity contribution in [3.8, 4) is 11.6 Å². The zero-order chi connectivity index (χ0) is 22.8. The first kappa shape index (κ1) is 21.8. The largest absolute Gasteiger partial charge is 0.491 e. The number of rotatable bonds is 6. The Morgan fingerprint density at radius 2 is 2.09 bits per heavy atom. The molecule has 0 aliphatic carbocycles. The van der Waals surface area contributed by atoms with Gasteiger partial charge in [-0.05, 0) is 42.8 Å². The van der Waals surface area contributed by atoms with Crippen molar-refractivity contribution in [2.75, 3.05) is 20.2 Å². The number of nitrogens with zero attached hydrogens (tertiary/aromatic N) is 3. The van der Waals surface area contributed by atoms with Crippen LogP contribution in [-0.2, 0) is 19.5 Å². The zero-order valence-electron chi connectivity index (χ0n) is 18.5. The fourth-order valence-corrected chi connectivity index (χ4v) is 4.61. The highest BCUT2D eigenvalue weighted by Gasteiger charge is 2.27. The summed E-state index contributed by atoms with van der Waals surface area (Å²) in [5.41, 5.74) is 2.63. The third kappa shape index (κ3) is 5.15. The Hall–Kier alpha value is -3.03. The molecule has 1 unspecified atom stereocenters. The van der Waals surface area contributed by atoms with Gasteiger partial charge in [0.25, 0.3) is 5.91 Å². The second kappa shape index (κ2) is 9.45. The van der Waals surface area contributed by atoms with E-state index in [1.54, 1.807) is 10.7 Å². The Labute approximate surface area is 198 Å². The Balaban J connectivity index is 1.17. The van der Waals surface area contributed by atoms with Gasteiger partial charge in [-0.3, -0.25) is 9.69 Å². The molecular weight excluding hydrogens is 440 g/mol. The molecule has 33 heavy (non-hydrogen) atoms. The summed E-state index contributed by atoms with van der Waals surface area (Å²) in [5.74, 6) is 1.23. The highest BCUT2D eigenvalue weighted by molar-refractivity contribution is 6.30. The molecule has 1 aromatic heterocycles. The number of likely N-dealkylation sites (N-methyl/N-ethyl adjacent to an activating group) is 1. The molecule has 1 amide bonds. The van der Waals surface area contributed by atoms with Crippen molar-refractivity contribution in [2.45, 2.75) is 38.1 Å². The smallest absolute Gasteiger partial charge is 0.272 e. The van der Waals surface area contributed by atoms with E-state index in [1.165, 1.54) is 5.56 Å². The number of aryl methyl sites for hydroxylation is 1. The predicted octanol–water partition coefficient (Wildman–Crippen LogP) is 3.55. The number of halogens is 1. The van der Waals surface area contributed by atoms with Crippen LogP contribution in [0.15, 0.2) is 54.6 Å². The average Bonchev–Trinajstić information content (AvgIpc) is 3.23. The molecule has 0 bridgehead atoms. The van der Waals surface area contributed by atoms with Crippen molar-refractivity contribution in [1.29, 1.82) is 0 Å². The van der Waals surface area contributed by atoms with Crippen LogP contribution in [-0.4, -0.2) is 52.9 Å². The van der Waals surface area contributed by atoms with Gasteiger partial charge in [0.2, 0.25) is 5.88 Å². The lowest BCUT2D eigenvalue weighted by Crippen LogP contribution is -2.42. The van der Waals surface area contributed by atoms with Crippen LogP contribution in [0.3, 0.4) is 0 Å². The molecule has 0 saturated carbocycles. The van der Waals surface area contributed by atoms with Gasteiger partial charge in [-0.25, -0.2) is 4.68 Å². The lowest BCUT2D eigenvalue weighted by atomic mass is 10.0. The third-order valence-electron chi connectivity index (χ3n) is 6.00. The molecule has 3 aromatic rings. The molecule has 2 aliphatic rings. The Morgan fingerprint density at radius 3 is 2.94 bits per heavy atom. The van der Waals surface area contributed by atoms with Gasteiger partial charge in [-0.2, -0.15) is 5.10 Å². The van der Waals surface area contributed by atoms with Crippen LogP contribution in [0.2, 0.25) is 5.02 Å². The van der Waals surface area contributed by atoms with Gasteiger partial charge in [-0.1, -0.05) is 41.9 Å². The molecule has 0 fully saturated rings. The van der Waals surface area contributed by atoms with Crippen LogP contribution < -0.4 is 14.8 Å². The molecule has 2 aromatic carbocycles. The summed E-state index contributed by atoms with van der Waals surface area (Å²) in [6.07, 6.45) is 1.58. The van der Waals surface area contributed by atoms with Crippen LogP contribution >= 0.6 is 11.6 Å². The summed E-state index contributed by atoms with van der Waals surface area (Å²) < 4.78 is 13.7. The molecule has 7 nitrogen and oxygen atoms in total. The van der Waals surface area contributed by atoms with Crippen molar-refractivity contribution < 1.29 is 14.3 Å². The Kier molecular flexibility index (Phi) is 6.24. The first-order valence-electron chi connectivity index (χ1n) is 11.2. The maximum Gasteiger partial charge on any atom is 0.272 e. The van der Waals surface area contributed by atoms with E-state index in [9.17, 15) is 4.79 Å². The molecular formula is C25H27ClN4O3. The number of ether oxygens (including phenoxy) is 2. The minimum atomic E-state index is -0.225. The number of carbonyl (C=O) groups is 1. The van der Waals surface area contributed by atoms with Crippen LogP contribution in [0.1, 0.15) is 28.0 Å². The van der Waals surface area contributed by atoms with Crippen molar-refractivity contribution in [3.05, 3.63) is 76.4 Å². The number of nitrogens with one attached hydrogen (secondary N) is 1. The molecule has 0 saturated heterocycles. The maximum atomic E-state index is 12.8. The first-order valence-corrected chi connectivity index (χ1v) is 11.6. The third-order valence-corrected chi connectivity index (χ3v) is 6.24. The average molecular weight is 467 g/mol. The van der Waals surface area contributed by atoms with Crippen molar-refractivity contribution in [2.24, 2.45) is 0 Å². The van der Waals surface area contributed by atoms with Gasteiger partial charge in [0, 0.05) is 37.1 Å². The van der Waals surface area contributed by atoms with Crippen molar-refractivity contribution >= 4 is 17.5 Å². The molecule has 172 valence electrons. The lowest BCUT2D eigenvalue weighted by Gasteiger charge is -2.28. The van der Waals surface area contributed by atoms with Crippen LogP contribution in [0.4, 0.5) is 0 Å². The fourth-order valence-electron chi connectivity index (χ4n) is 4.41. The van der Waals surface area contributed by atoms with E-state index < -0.39 is 0 Å². The normalized spacial score (nSPS) is 19.2. The zero-order valence-corrected chi connectivity index (χ0v) is 19.3. The standard InChI is InChI=1S/C25H27ClN4O3/c1-29(14-17-5-3-2-4-6-17)15-21-9-10-30-24(33-21)13-22(28-30)25(31)27-20-12-18-11-19(26)7-8-23(18)32-16-20/h2-8,11,13,20-21H,9-10,12,14-16H2,1H3,(H,27,31)/t20-,21?/m1/s1. The Bertz CT molecular complexity index is 1130. The number of amides is 1. The molecule has 0 radical (unpaired) electrons. The van der Waals surface area contributed by atoms with Gasteiger partial charge < -0.3 is 14.8 Å². The summed E-state index contributed by atoms with van der Waals surface area (Å²) in [4.78, 5) is 15.1. The number of carbonyl (C=O) groups excluding carboxylic acids is 1. The van der Waals surface area contributed by atoms with E-state index in [0.717, 1.165) is 37.4 Å². The minimum Gasteiger partial charge on any atom is -0.491 e.